The summed E-state index contributed by atoms with van der Waals surface area (Å²) in [5, 5.41) is 0. The molecule has 0 bridgehead atoms. The Morgan fingerprint density at radius 3 is 2.44 bits per heavy atom. The van der Waals surface area contributed by atoms with E-state index in [1.807, 2.05) is 6.08 Å². The zero-order valence-corrected chi connectivity index (χ0v) is 11.4. The molecule has 0 heterocycles. The van der Waals surface area contributed by atoms with Crippen LogP contribution in [0.2, 0.25) is 0 Å². The van der Waals surface area contributed by atoms with Crippen molar-refractivity contribution < 1.29 is 0 Å². The fourth-order valence-corrected chi connectivity index (χ4v) is 1.78. The van der Waals surface area contributed by atoms with Crippen molar-refractivity contribution in [1.29, 1.82) is 0 Å². The third-order valence-corrected chi connectivity index (χ3v) is 2.86. The van der Waals surface area contributed by atoms with Crippen LogP contribution in [0.25, 0.3) is 0 Å². The average molecular weight is 219 g/mol. The molecule has 0 saturated carbocycles. The average Bonchev–Trinajstić information content (AvgIpc) is 2.17. The predicted octanol–water partition coefficient (Wildman–Crippen LogP) is 5.47. The third kappa shape index (κ3) is 9.76. The molecule has 0 spiro atoms. The molecule has 0 fully saturated rings. The zero-order valence-electron chi connectivity index (χ0n) is 11.4. The Balaban J connectivity index is 3.58. The molecule has 1 radical (unpaired) electrons. The van der Waals surface area contributed by atoms with E-state index in [1.54, 1.807) is 6.08 Å². The molecule has 0 nitrogen and oxygen atoms in total. The van der Waals surface area contributed by atoms with E-state index in [4.69, 9.17) is 6.58 Å². The van der Waals surface area contributed by atoms with Gasteiger partial charge in [-0.25, -0.2) is 0 Å². The van der Waals surface area contributed by atoms with Crippen molar-refractivity contribution in [2.45, 2.75) is 59.8 Å². The van der Waals surface area contributed by atoms with Gasteiger partial charge in [0.25, 0.3) is 0 Å². The third-order valence-electron chi connectivity index (χ3n) is 2.86. The van der Waals surface area contributed by atoms with Crippen molar-refractivity contribution in [2.75, 3.05) is 0 Å². The first-order chi connectivity index (χ1) is 7.56. The van der Waals surface area contributed by atoms with Crippen molar-refractivity contribution in [1.82, 2.24) is 0 Å². The number of hydrogen-bond acceptors (Lipinski definition) is 0. The molecule has 0 aliphatic carbocycles. The Bertz CT molecular complexity index is 239. The lowest BCUT2D eigenvalue weighted by Gasteiger charge is -2.09. The van der Waals surface area contributed by atoms with Crippen LogP contribution in [-0.2, 0) is 0 Å². The summed E-state index contributed by atoms with van der Waals surface area (Å²) in [4.78, 5) is 0. The topological polar surface area (TPSA) is 0 Å². The van der Waals surface area contributed by atoms with E-state index in [0.29, 0.717) is 0 Å². The maximum Gasteiger partial charge on any atom is -0.0320 e. The number of hydrogen-bond donors (Lipinski definition) is 0. The first kappa shape index (κ1) is 15.2. The second kappa shape index (κ2) is 9.45. The van der Waals surface area contributed by atoms with Crippen molar-refractivity contribution in [3.8, 4) is 0 Å². The lowest BCUT2D eigenvalue weighted by atomic mass is 9.97. The van der Waals surface area contributed by atoms with Gasteiger partial charge in [0.05, 0.1) is 0 Å². The Labute approximate surface area is 102 Å². The maximum absolute atomic E-state index is 5.35. The summed E-state index contributed by atoms with van der Waals surface area (Å²) in [7, 11) is 0. The lowest BCUT2D eigenvalue weighted by molar-refractivity contribution is 0.478. The van der Waals surface area contributed by atoms with Crippen LogP contribution in [0.15, 0.2) is 29.4 Å². The lowest BCUT2D eigenvalue weighted by Crippen LogP contribution is -1.94. The van der Waals surface area contributed by atoms with Crippen LogP contribution in [0.3, 0.4) is 0 Å². The molecule has 16 heavy (non-hydrogen) atoms. The maximum atomic E-state index is 5.35. The van der Waals surface area contributed by atoms with Gasteiger partial charge < -0.3 is 0 Å². The van der Waals surface area contributed by atoms with Gasteiger partial charge >= 0.3 is 0 Å². The molecule has 91 valence electrons. The van der Waals surface area contributed by atoms with Crippen LogP contribution < -0.4 is 0 Å². The summed E-state index contributed by atoms with van der Waals surface area (Å²) < 4.78 is 0. The first-order valence-electron chi connectivity index (χ1n) is 6.40. The summed E-state index contributed by atoms with van der Waals surface area (Å²) >= 11 is 0. The molecule has 1 unspecified atom stereocenters. The second-order valence-corrected chi connectivity index (χ2v) is 5.06. The SMILES string of the molecule is [CH]=CC=C(C)CCCC(C)CCC=C(C)C. The van der Waals surface area contributed by atoms with Crippen LogP contribution in [0.5, 0.6) is 0 Å². The van der Waals surface area contributed by atoms with E-state index in [2.05, 4.69) is 33.8 Å². The van der Waals surface area contributed by atoms with Gasteiger partial charge in [-0.1, -0.05) is 49.3 Å². The molecule has 0 aromatic heterocycles. The Hall–Kier alpha value is -0.780. The molecule has 0 amide bonds. The Kier molecular flexibility index (Phi) is 8.99. The first-order valence-corrected chi connectivity index (χ1v) is 6.40. The van der Waals surface area contributed by atoms with Crippen LogP contribution in [0.1, 0.15) is 59.8 Å². The van der Waals surface area contributed by atoms with Crippen molar-refractivity contribution >= 4 is 0 Å². The second-order valence-electron chi connectivity index (χ2n) is 5.06. The minimum Gasteiger partial charge on any atom is -0.0859 e. The molecule has 0 heteroatoms. The standard InChI is InChI=1S/C16H27/c1-6-9-15(4)12-8-13-16(5)11-7-10-14(2)3/h1,6,9-10,16H,7-8,11-13H2,2-5H3. The molecule has 0 aromatic carbocycles. The van der Waals surface area contributed by atoms with E-state index < -0.39 is 0 Å². The fraction of sp³-hybridized carbons (Fsp3) is 0.625. The van der Waals surface area contributed by atoms with Gasteiger partial charge in [-0.2, -0.15) is 0 Å². The fourth-order valence-electron chi connectivity index (χ4n) is 1.78. The molecule has 0 aliphatic rings. The van der Waals surface area contributed by atoms with E-state index in [9.17, 15) is 0 Å². The minimum absolute atomic E-state index is 0.838. The molecular weight excluding hydrogens is 192 g/mol. The van der Waals surface area contributed by atoms with Crippen LogP contribution >= 0.6 is 0 Å². The highest BCUT2D eigenvalue weighted by Gasteiger charge is 2.01. The highest BCUT2D eigenvalue weighted by atomic mass is 14.1. The molecule has 0 rings (SSSR count). The smallest absolute Gasteiger partial charge is 0.0320 e. The molecule has 0 saturated heterocycles. The summed E-state index contributed by atoms with van der Waals surface area (Å²) in [6, 6.07) is 0. The molecular formula is C16H27. The highest BCUT2D eigenvalue weighted by molar-refractivity contribution is 5.06. The molecule has 0 aliphatic heterocycles. The molecule has 0 aromatic rings. The minimum atomic E-state index is 0.838. The summed E-state index contributed by atoms with van der Waals surface area (Å²) in [6.45, 7) is 14.2. The van der Waals surface area contributed by atoms with E-state index in [0.717, 1.165) is 5.92 Å². The predicted molar refractivity (Wildman–Crippen MR) is 74.3 cm³/mol. The number of rotatable bonds is 8. The Morgan fingerprint density at radius 2 is 1.88 bits per heavy atom. The van der Waals surface area contributed by atoms with Gasteiger partial charge in [-0.15, -0.1) is 0 Å². The quantitative estimate of drug-likeness (QED) is 0.375. The Morgan fingerprint density at radius 1 is 1.19 bits per heavy atom. The normalized spacial score (nSPS) is 13.4. The van der Waals surface area contributed by atoms with Gasteiger partial charge in [0, 0.05) is 0 Å². The summed E-state index contributed by atoms with van der Waals surface area (Å²) in [5.74, 6) is 0.838. The monoisotopic (exact) mass is 219 g/mol. The van der Waals surface area contributed by atoms with Gasteiger partial charge in [0.15, 0.2) is 0 Å². The van der Waals surface area contributed by atoms with Crippen LogP contribution in [0.4, 0.5) is 0 Å². The van der Waals surface area contributed by atoms with E-state index in [1.165, 1.54) is 43.3 Å². The number of allylic oxidation sites excluding steroid dienone is 5. The van der Waals surface area contributed by atoms with Crippen molar-refractivity contribution in [3.05, 3.63) is 36.0 Å². The van der Waals surface area contributed by atoms with Crippen molar-refractivity contribution in [2.24, 2.45) is 5.92 Å². The van der Waals surface area contributed by atoms with Crippen molar-refractivity contribution in [3.63, 3.8) is 0 Å². The summed E-state index contributed by atoms with van der Waals surface area (Å²) in [5.41, 5.74) is 2.82. The summed E-state index contributed by atoms with van der Waals surface area (Å²) in [6.07, 6.45) is 12.3. The van der Waals surface area contributed by atoms with Crippen LogP contribution in [0, 0.1) is 12.5 Å². The van der Waals surface area contributed by atoms with E-state index >= 15 is 0 Å². The highest BCUT2D eigenvalue weighted by Crippen LogP contribution is 2.17. The van der Waals surface area contributed by atoms with Gasteiger partial charge in [0.2, 0.25) is 0 Å². The van der Waals surface area contributed by atoms with Gasteiger partial charge in [-0.3, -0.25) is 0 Å². The van der Waals surface area contributed by atoms with Gasteiger partial charge in [-0.05, 0) is 52.4 Å². The van der Waals surface area contributed by atoms with E-state index in [-0.39, 0.29) is 0 Å². The van der Waals surface area contributed by atoms with Crippen LogP contribution in [-0.4, -0.2) is 0 Å². The molecule has 1 atom stereocenters. The zero-order chi connectivity index (χ0) is 12.4. The largest absolute Gasteiger partial charge is 0.0859 e. The molecule has 0 N–H and O–H groups in total. The van der Waals surface area contributed by atoms with Gasteiger partial charge in [0.1, 0.15) is 0 Å².